The Morgan fingerprint density at radius 2 is 2.15 bits per heavy atom. The largest absolute Gasteiger partial charge is 0.368 e. The molecule has 1 aliphatic rings. The zero-order valence-electron chi connectivity index (χ0n) is 13.1. The molecule has 2 rings (SSSR count). The van der Waals surface area contributed by atoms with Crippen LogP contribution in [-0.4, -0.2) is 19.1 Å². The standard InChI is InChI=1S/C17H27FN2/c1-5-19-14(4)17-15(18)7-6-8-16(17)20-10-9-12(2)11-13(20)3/h6-8,12-14,19H,5,9-11H2,1-4H3. The van der Waals surface area contributed by atoms with Gasteiger partial charge in [-0.2, -0.15) is 0 Å². The molecule has 1 aliphatic heterocycles. The molecule has 3 atom stereocenters. The Kier molecular flexibility index (Phi) is 5.03. The molecule has 3 heteroatoms. The van der Waals surface area contributed by atoms with Gasteiger partial charge in [0.15, 0.2) is 0 Å². The van der Waals surface area contributed by atoms with Gasteiger partial charge in [0.1, 0.15) is 5.82 Å². The molecule has 2 nitrogen and oxygen atoms in total. The average Bonchev–Trinajstić information content (AvgIpc) is 2.38. The van der Waals surface area contributed by atoms with Gasteiger partial charge in [0, 0.05) is 29.9 Å². The van der Waals surface area contributed by atoms with Crippen LogP contribution in [0.5, 0.6) is 0 Å². The van der Waals surface area contributed by atoms with Gasteiger partial charge in [0.25, 0.3) is 0 Å². The molecular weight excluding hydrogens is 251 g/mol. The predicted molar refractivity (Wildman–Crippen MR) is 83.7 cm³/mol. The third-order valence-electron chi connectivity index (χ3n) is 4.42. The van der Waals surface area contributed by atoms with E-state index in [0.717, 1.165) is 30.3 Å². The molecule has 0 aliphatic carbocycles. The molecule has 112 valence electrons. The minimum atomic E-state index is -0.0956. The molecule has 3 unspecified atom stereocenters. The molecule has 0 aromatic heterocycles. The van der Waals surface area contributed by atoms with Gasteiger partial charge in [-0.3, -0.25) is 0 Å². The second kappa shape index (κ2) is 6.57. The van der Waals surface area contributed by atoms with Crippen LogP contribution in [0, 0.1) is 11.7 Å². The number of rotatable bonds is 4. The Labute approximate surface area is 122 Å². The van der Waals surface area contributed by atoms with Crippen LogP contribution in [0.4, 0.5) is 10.1 Å². The topological polar surface area (TPSA) is 15.3 Å². The van der Waals surface area contributed by atoms with Crippen molar-refractivity contribution in [1.29, 1.82) is 0 Å². The smallest absolute Gasteiger partial charge is 0.130 e. The Morgan fingerprint density at radius 3 is 2.80 bits per heavy atom. The fraction of sp³-hybridized carbons (Fsp3) is 0.647. The number of hydrogen-bond donors (Lipinski definition) is 1. The van der Waals surface area contributed by atoms with Crippen molar-refractivity contribution in [2.24, 2.45) is 5.92 Å². The van der Waals surface area contributed by atoms with Crippen LogP contribution in [0.3, 0.4) is 0 Å². The van der Waals surface area contributed by atoms with E-state index in [-0.39, 0.29) is 11.9 Å². The first-order valence-corrected chi connectivity index (χ1v) is 7.83. The Bertz CT molecular complexity index is 447. The van der Waals surface area contributed by atoms with E-state index < -0.39 is 0 Å². The van der Waals surface area contributed by atoms with Crippen molar-refractivity contribution in [3.05, 3.63) is 29.6 Å². The molecule has 0 amide bonds. The van der Waals surface area contributed by atoms with Crippen molar-refractivity contribution in [1.82, 2.24) is 5.32 Å². The normalized spacial score (nSPS) is 24.8. The van der Waals surface area contributed by atoms with Gasteiger partial charge in [-0.05, 0) is 51.3 Å². The summed E-state index contributed by atoms with van der Waals surface area (Å²) < 4.78 is 14.3. The van der Waals surface area contributed by atoms with Crippen molar-refractivity contribution in [2.75, 3.05) is 18.0 Å². The van der Waals surface area contributed by atoms with Gasteiger partial charge in [-0.15, -0.1) is 0 Å². The average molecular weight is 278 g/mol. The van der Waals surface area contributed by atoms with Crippen molar-refractivity contribution in [2.45, 2.75) is 52.6 Å². The van der Waals surface area contributed by atoms with E-state index in [2.05, 4.69) is 37.1 Å². The summed E-state index contributed by atoms with van der Waals surface area (Å²) in [4.78, 5) is 2.38. The lowest BCUT2D eigenvalue weighted by Gasteiger charge is -2.40. The second-order valence-electron chi connectivity index (χ2n) is 6.12. The van der Waals surface area contributed by atoms with E-state index in [4.69, 9.17) is 0 Å². The minimum absolute atomic E-state index is 0.0442. The van der Waals surface area contributed by atoms with E-state index in [1.54, 1.807) is 6.07 Å². The van der Waals surface area contributed by atoms with Crippen LogP contribution < -0.4 is 10.2 Å². The SMILES string of the molecule is CCNC(C)c1c(F)cccc1N1CCC(C)CC1C. The molecule has 1 saturated heterocycles. The molecule has 1 aromatic rings. The maximum atomic E-state index is 14.3. The Morgan fingerprint density at radius 1 is 1.40 bits per heavy atom. The summed E-state index contributed by atoms with van der Waals surface area (Å²) >= 11 is 0. The van der Waals surface area contributed by atoms with Gasteiger partial charge >= 0.3 is 0 Å². The van der Waals surface area contributed by atoms with Crippen LogP contribution in [0.1, 0.15) is 52.1 Å². The van der Waals surface area contributed by atoms with E-state index in [0.29, 0.717) is 6.04 Å². The Hall–Kier alpha value is -1.09. The van der Waals surface area contributed by atoms with Gasteiger partial charge < -0.3 is 10.2 Å². The summed E-state index contributed by atoms with van der Waals surface area (Å²) in [6.07, 6.45) is 2.38. The summed E-state index contributed by atoms with van der Waals surface area (Å²) in [6.45, 7) is 10.5. The minimum Gasteiger partial charge on any atom is -0.368 e. The molecule has 1 fully saturated rings. The monoisotopic (exact) mass is 278 g/mol. The highest BCUT2D eigenvalue weighted by Gasteiger charge is 2.26. The van der Waals surface area contributed by atoms with Crippen LogP contribution in [0.15, 0.2) is 18.2 Å². The lowest BCUT2D eigenvalue weighted by atomic mass is 9.91. The molecule has 0 bridgehead atoms. The summed E-state index contributed by atoms with van der Waals surface area (Å²) in [6, 6.07) is 6.00. The molecule has 0 saturated carbocycles. The molecule has 20 heavy (non-hydrogen) atoms. The van der Waals surface area contributed by atoms with Crippen molar-refractivity contribution in [3.8, 4) is 0 Å². The van der Waals surface area contributed by atoms with Crippen LogP contribution in [-0.2, 0) is 0 Å². The van der Waals surface area contributed by atoms with Crippen LogP contribution in [0.25, 0.3) is 0 Å². The third kappa shape index (κ3) is 3.14. The van der Waals surface area contributed by atoms with Crippen molar-refractivity contribution < 1.29 is 4.39 Å². The first-order valence-electron chi connectivity index (χ1n) is 7.83. The number of nitrogens with one attached hydrogen (secondary N) is 1. The van der Waals surface area contributed by atoms with Crippen LogP contribution in [0.2, 0.25) is 0 Å². The lowest BCUT2D eigenvalue weighted by Crippen LogP contribution is -2.41. The molecule has 1 aromatic carbocycles. The summed E-state index contributed by atoms with van der Waals surface area (Å²) in [5.74, 6) is 0.672. The maximum Gasteiger partial charge on any atom is 0.130 e. The highest BCUT2D eigenvalue weighted by molar-refractivity contribution is 5.56. The van der Waals surface area contributed by atoms with Crippen molar-refractivity contribution in [3.63, 3.8) is 0 Å². The first-order chi connectivity index (χ1) is 9.54. The van der Waals surface area contributed by atoms with E-state index in [1.165, 1.54) is 12.8 Å². The Balaban J connectivity index is 2.33. The molecule has 0 radical (unpaired) electrons. The summed E-state index contributed by atoms with van der Waals surface area (Å²) in [5.41, 5.74) is 1.88. The maximum absolute atomic E-state index is 14.3. The summed E-state index contributed by atoms with van der Waals surface area (Å²) in [7, 11) is 0. The number of anilines is 1. The number of halogens is 1. The molecular formula is C17H27FN2. The zero-order chi connectivity index (χ0) is 14.7. The molecule has 0 spiro atoms. The van der Waals surface area contributed by atoms with E-state index in [1.807, 2.05) is 13.0 Å². The number of nitrogens with zero attached hydrogens (tertiary/aromatic N) is 1. The van der Waals surface area contributed by atoms with Crippen molar-refractivity contribution >= 4 is 5.69 Å². The van der Waals surface area contributed by atoms with Gasteiger partial charge in [0.05, 0.1) is 0 Å². The fourth-order valence-corrected chi connectivity index (χ4v) is 3.38. The van der Waals surface area contributed by atoms with Gasteiger partial charge in [-0.1, -0.05) is 19.9 Å². The number of hydrogen-bond acceptors (Lipinski definition) is 2. The van der Waals surface area contributed by atoms with Crippen LogP contribution >= 0.6 is 0 Å². The van der Waals surface area contributed by atoms with Gasteiger partial charge in [-0.25, -0.2) is 4.39 Å². The predicted octanol–water partition coefficient (Wildman–Crippen LogP) is 4.12. The summed E-state index contributed by atoms with van der Waals surface area (Å²) in [5, 5.41) is 3.34. The quantitative estimate of drug-likeness (QED) is 0.891. The highest BCUT2D eigenvalue weighted by Crippen LogP contribution is 2.34. The van der Waals surface area contributed by atoms with E-state index >= 15 is 0 Å². The molecule has 1 N–H and O–H groups in total. The highest BCUT2D eigenvalue weighted by atomic mass is 19.1. The van der Waals surface area contributed by atoms with Gasteiger partial charge in [0.2, 0.25) is 0 Å². The zero-order valence-corrected chi connectivity index (χ0v) is 13.1. The van der Waals surface area contributed by atoms with E-state index in [9.17, 15) is 4.39 Å². The second-order valence-corrected chi connectivity index (χ2v) is 6.12. The number of piperidine rings is 1. The molecule has 1 heterocycles. The third-order valence-corrected chi connectivity index (χ3v) is 4.42. The fourth-order valence-electron chi connectivity index (χ4n) is 3.38. The first kappa shape index (κ1) is 15.3. The number of benzene rings is 1. The lowest BCUT2D eigenvalue weighted by molar-refractivity contribution is 0.376.